The van der Waals surface area contributed by atoms with Gasteiger partial charge >= 0.3 is 11.9 Å². The molecular weight excluding hydrogens is 520 g/mol. The summed E-state index contributed by atoms with van der Waals surface area (Å²) in [5.41, 5.74) is 13.0. The van der Waals surface area contributed by atoms with E-state index in [-0.39, 0.29) is 19.4 Å². The number of rotatable bonds is 15. The van der Waals surface area contributed by atoms with Crippen LogP contribution in [0.15, 0.2) is 30.5 Å². The van der Waals surface area contributed by atoms with Crippen LogP contribution >= 0.6 is 0 Å². The lowest BCUT2D eigenvalue weighted by molar-refractivity contribution is -0.149. The molecule has 1 saturated heterocycles. The van der Waals surface area contributed by atoms with Gasteiger partial charge in [-0.3, -0.25) is 19.2 Å². The normalized spacial score (nSPS) is 17.2. The first-order valence-corrected chi connectivity index (χ1v) is 13.5. The number of hydrogen-bond donors (Lipinski definition) is 7. The van der Waals surface area contributed by atoms with Crippen molar-refractivity contribution in [3.8, 4) is 0 Å². The third kappa shape index (κ3) is 8.02. The highest BCUT2D eigenvalue weighted by Crippen LogP contribution is 2.23. The maximum atomic E-state index is 13.7. The number of likely N-dealkylation sites (tertiary alicyclic amines) is 1. The van der Waals surface area contributed by atoms with Crippen LogP contribution in [0, 0.1) is 0 Å². The van der Waals surface area contributed by atoms with Crippen molar-refractivity contribution in [2.45, 2.75) is 75.5 Å². The Labute approximate surface area is 231 Å². The average Bonchev–Trinajstić information content (AvgIpc) is 3.58. The van der Waals surface area contributed by atoms with Crippen LogP contribution in [-0.2, 0) is 30.4 Å². The van der Waals surface area contributed by atoms with E-state index >= 15 is 0 Å². The number of carbonyl (C=O) groups excluding carboxylic acids is 3. The molecule has 9 N–H and O–H groups in total. The highest BCUT2D eigenvalue weighted by Gasteiger charge is 2.38. The quantitative estimate of drug-likeness (QED) is 0.147. The number of nitrogens with two attached hydrogens (primary N) is 2. The fourth-order valence-electron chi connectivity index (χ4n) is 4.94. The summed E-state index contributed by atoms with van der Waals surface area (Å²) in [6.45, 7) is 0.677. The lowest BCUT2D eigenvalue weighted by Gasteiger charge is -2.29. The molecular formula is C27H38N6O7. The minimum absolute atomic E-state index is 0.0512. The second-order valence-corrected chi connectivity index (χ2v) is 10.0. The number of carboxylic acid groups (broad SMARTS) is 2. The Morgan fingerprint density at radius 1 is 1.02 bits per heavy atom. The number of para-hydroxylation sites is 1. The lowest BCUT2D eigenvalue weighted by atomic mass is 10.0. The molecule has 1 aromatic heterocycles. The molecule has 13 heteroatoms. The number of carboxylic acids is 2. The third-order valence-corrected chi connectivity index (χ3v) is 7.12. The lowest BCUT2D eigenvalue weighted by Crippen LogP contribution is -2.57. The number of carbonyl (C=O) groups is 5. The smallest absolute Gasteiger partial charge is 0.326 e. The number of amides is 3. The van der Waals surface area contributed by atoms with Crippen LogP contribution in [0.3, 0.4) is 0 Å². The van der Waals surface area contributed by atoms with Crippen molar-refractivity contribution in [3.05, 3.63) is 36.0 Å². The van der Waals surface area contributed by atoms with E-state index in [9.17, 15) is 34.2 Å². The molecule has 0 bridgehead atoms. The first kappa shape index (κ1) is 30.6. The van der Waals surface area contributed by atoms with Gasteiger partial charge in [-0.2, -0.15) is 0 Å². The largest absolute Gasteiger partial charge is 0.481 e. The number of fused-ring (bicyclic) bond motifs is 1. The molecule has 0 spiro atoms. The first-order chi connectivity index (χ1) is 19.1. The molecule has 0 aliphatic carbocycles. The summed E-state index contributed by atoms with van der Waals surface area (Å²) in [5, 5.41) is 24.9. The molecule has 2 aromatic rings. The molecule has 3 rings (SSSR count). The predicted octanol–water partition coefficient (Wildman–Crippen LogP) is 0.0767. The second kappa shape index (κ2) is 14.4. The zero-order chi connectivity index (χ0) is 29.2. The molecule has 0 radical (unpaired) electrons. The zero-order valence-electron chi connectivity index (χ0n) is 22.3. The second-order valence-electron chi connectivity index (χ2n) is 10.0. The van der Waals surface area contributed by atoms with Crippen molar-refractivity contribution < 1.29 is 34.2 Å². The van der Waals surface area contributed by atoms with Gasteiger partial charge in [0.15, 0.2) is 0 Å². The SMILES string of the molecule is NCCCCC(N)C(=O)NC(CCC(=O)O)C(=O)NC(Cc1c[nH]c2ccccc12)C(=O)N1CCCC1C(=O)O. The van der Waals surface area contributed by atoms with E-state index in [1.54, 1.807) is 6.20 Å². The molecule has 1 fully saturated rings. The summed E-state index contributed by atoms with van der Waals surface area (Å²) >= 11 is 0. The van der Waals surface area contributed by atoms with Crippen molar-refractivity contribution in [1.29, 1.82) is 0 Å². The van der Waals surface area contributed by atoms with E-state index in [1.165, 1.54) is 4.90 Å². The Kier molecular flexibility index (Phi) is 11.0. The summed E-state index contributed by atoms with van der Waals surface area (Å²) in [6.07, 6.45) is 3.57. The number of H-pyrrole nitrogens is 1. The van der Waals surface area contributed by atoms with Gasteiger partial charge in [0.25, 0.3) is 0 Å². The van der Waals surface area contributed by atoms with Gasteiger partial charge < -0.3 is 42.2 Å². The predicted molar refractivity (Wildman–Crippen MR) is 146 cm³/mol. The van der Waals surface area contributed by atoms with Crippen molar-refractivity contribution >= 4 is 40.6 Å². The van der Waals surface area contributed by atoms with E-state index < -0.39 is 60.2 Å². The molecule has 218 valence electrons. The molecule has 3 amide bonds. The van der Waals surface area contributed by atoms with Gasteiger partial charge in [-0.1, -0.05) is 24.6 Å². The van der Waals surface area contributed by atoms with Crippen LogP contribution in [0.1, 0.15) is 50.5 Å². The summed E-state index contributed by atoms with van der Waals surface area (Å²) in [6, 6.07) is 3.06. The average molecular weight is 559 g/mol. The van der Waals surface area contributed by atoms with Crippen molar-refractivity contribution in [2.75, 3.05) is 13.1 Å². The number of aliphatic carboxylic acids is 2. The summed E-state index contributed by atoms with van der Waals surface area (Å²) in [4.78, 5) is 67.2. The Morgan fingerprint density at radius 2 is 1.75 bits per heavy atom. The maximum absolute atomic E-state index is 13.7. The number of nitrogens with zero attached hydrogens (tertiary/aromatic N) is 1. The fourth-order valence-corrected chi connectivity index (χ4v) is 4.94. The summed E-state index contributed by atoms with van der Waals surface area (Å²) in [5.74, 6) is -4.23. The first-order valence-electron chi connectivity index (χ1n) is 13.5. The Hall–Kier alpha value is -3.97. The molecule has 0 saturated carbocycles. The maximum Gasteiger partial charge on any atom is 0.326 e. The van der Waals surface area contributed by atoms with Gasteiger partial charge in [0.2, 0.25) is 17.7 Å². The van der Waals surface area contributed by atoms with E-state index in [2.05, 4.69) is 15.6 Å². The summed E-state index contributed by atoms with van der Waals surface area (Å²) < 4.78 is 0. The molecule has 40 heavy (non-hydrogen) atoms. The minimum atomic E-state index is -1.27. The molecule has 4 atom stereocenters. The molecule has 2 heterocycles. The van der Waals surface area contributed by atoms with Crippen LogP contribution in [0.5, 0.6) is 0 Å². The Morgan fingerprint density at radius 3 is 2.45 bits per heavy atom. The van der Waals surface area contributed by atoms with E-state index in [1.807, 2.05) is 24.3 Å². The number of benzene rings is 1. The monoisotopic (exact) mass is 558 g/mol. The van der Waals surface area contributed by atoms with Gasteiger partial charge in [0.1, 0.15) is 18.1 Å². The van der Waals surface area contributed by atoms with Crippen LogP contribution in [0.2, 0.25) is 0 Å². The number of unbranched alkanes of at least 4 members (excludes halogenated alkanes) is 1. The number of aromatic nitrogens is 1. The highest BCUT2D eigenvalue weighted by atomic mass is 16.4. The topological polar surface area (TPSA) is 221 Å². The molecule has 4 unspecified atom stereocenters. The zero-order valence-corrected chi connectivity index (χ0v) is 22.3. The van der Waals surface area contributed by atoms with Crippen molar-refractivity contribution in [3.63, 3.8) is 0 Å². The van der Waals surface area contributed by atoms with Gasteiger partial charge in [-0.05, 0) is 50.3 Å². The van der Waals surface area contributed by atoms with Crippen molar-refractivity contribution in [1.82, 2.24) is 20.5 Å². The van der Waals surface area contributed by atoms with E-state index in [0.29, 0.717) is 38.6 Å². The van der Waals surface area contributed by atoms with Crippen LogP contribution < -0.4 is 22.1 Å². The van der Waals surface area contributed by atoms with Crippen LogP contribution in [-0.4, -0.2) is 87.0 Å². The van der Waals surface area contributed by atoms with Crippen LogP contribution in [0.25, 0.3) is 10.9 Å². The molecule has 13 nitrogen and oxygen atoms in total. The fraction of sp³-hybridized carbons (Fsp3) is 0.519. The standard InChI is InChI=1S/C27H38N6O7/c28-12-4-3-7-18(29)24(36)31-20(10-11-23(34)35)25(37)32-21(26(38)33-13-5-9-22(33)27(39)40)14-16-15-30-19-8-2-1-6-17(16)19/h1-2,6,8,15,18,20-22,30H,3-5,7,9-14,28-29H2,(H,31,36)(H,32,37)(H,34,35)(H,39,40). The van der Waals surface area contributed by atoms with E-state index in [4.69, 9.17) is 11.5 Å². The number of aromatic amines is 1. The van der Waals surface area contributed by atoms with Gasteiger partial charge in [-0.25, -0.2) is 4.79 Å². The molecule has 1 aliphatic heterocycles. The van der Waals surface area contributed by atoms with Crippen LogP contribution in [0.4, 0.5) is 0 Å². The minimum Gasteiger partial charge on any atom is -0.481 e. The summed E-state index contributed by atoms with van der Waals surface area (Å²) in [7, 11) is 0. The van der Waals surface area contributed by atoms with E-state index in [0.717, 1.165) is 16.5 Å². The Balaban J connectivity index is 1.83. The van der Waals surface area contributed by atoms with Crippen molar-refractivity contribution in [2.24, 2.45) is 11.5 Å². The van der Waals surface area contributed by atoms with Gasteiger partial charge in [0.05, 0.1) is 6.04 Å². The molecule has 1 aromatic carbocycles. The highest BCUT2D eigenvalue weighted by molar-refractivity contribution is 5.95. The molecule has 1 aliphatic rings. The number of hydrogen-bond acceptors (Lipinski definition) is 7. The van der Waals surface area contributed by atoms with Gasteiger partial charge in [-0.15, -0.1) is 0 Å². The Bertz CT molecular complexity index is 1210. The third-order valence-electron chi connectivity index (χ3n) is 7.12. The van der Waals surface area contributed by atoms with Gasteiger partial charge in [0, 0.05) is 36.5 Å². The number of nitrogens with one attached hydrogen (secondary N) is 3.